The summed E-state index contributed by atoms with van der Waals surface area (Å²) in [5, 5.41) is 0. The van der Waals surface area contributed by atoms with Crippen molar-refractivity contribution >= 4 is 5.91 Å². The van der Waals surface area contributed by atoms with Crippen LogP contribution in [0, 0.1) is 11.3 Å². The number of hydrogen-bond acceptors (Lipinski definition) is 4. The number of piperidine rings is 1. The molecule has 1 spiro atoms. The van der Waals surface area contributed by atoms with Crippen LogP contribution in [0.3, 0.4) is 0 Å². The molecule has 3 heterocycles. The molecule has 1 saturated carbocycles. The van der Waals surface area contributed by atoms with Gasteiger partial charge in [-0.25, -0.2) is 0 Å². The second kappa shape index (κ2) is 8.77. The first kappa shape index (κ1) is 21.2. The molecule has 4 aliphatic rings. The Morgan fingerprint density at radius 1 is 0.879 bits per heavy atom. The molecule has 2 aromatic carbocycles. The first-order valence-corrected chi connectivity index (χ1v) is 12.7. The minimum atomic E-state index is 0.275. The first-order chi connectivity index (χ1) is 16.2. The number of ether oxygens (including phenoxy) is 1. The highest BCUT2D eigenvalue weighted by atomic mass is 16.5. The Labute approximate surface area is 197 Å². The summed E-state index contributed by atoms with van der Waals surface area (Å²) in [5.74, 6) is 1.77. The molecule has 6 rings (SSSR count). The minimum absolute atomic E-state index is 0.275. The zero-order valence-electron chi connectivity index (χ0n) is 19.5. The van der Waals surface area contributed by atoms with E-state index in [1.165, 1.54) is 29.5 Å². The molecule has 0 radical (unpaired) electrons. The molecule has 2 aromatic rings. The Balaban J connectivity index is 0.969. The average Bonchev–Trinajstić information content (AvgIpc) is 3.34. The molecule has 1 atom stereocenters. The maximum Gasteiger partial charge on any atom is 0.226 e. The van der Waals surface area contributed by atoms with E-state index in [-0.39, 0.29) is 5.92 Å². The van der Waals surface area contributed by atoms with Gasteiger partial charge in [0, 0.05) is 51.6 Å². The van der Waals surface area contributed by atoms with Crippen molar-refractivity contribution in [3.63, 3.8) is 0 Å². The zero-order valence-corrected chi connectivity index (χ0v) is 19.5. The summed E-state index contributed by atoms with van der Waals surface area (Å²) in [6, 6.07) is 17.3. The minimum Gasteiger partial charge on any atom is -0.493 e. The van der Waals surface area contributed by atoms with E-state index in [4.69, 9.17) is 4.74 Å². The average molecular weight is 446 g/mol. The molecule has 3 fully saturated rings. The first-order valence-electron chi connectivity index (χ1n) is 12.7. The van der Waals surface area contributed by atoms with Gasteiger partial charge in [-0.1, -0.05) is 42.5 Å². The van der Waals surface area contributed by atoms with Crippen LogP contribution in [0.1, 0.15) is 36.0 Å². The number of nitrogens with zero attached hydrogens (tertiary/aromatic N) is 3. The number of amides is 1. The fraction of sp³-hybridized carbons (Fsp3) is 0.536. The van der Waals surface area contributed by atoms with Gasteiger partial charge in [-0.15, -0.1) is 0 Å². The fourth-order valence-corrected chi connectivity index (χ4v) is 6.19. The van der Waals surface area contributed by atoms with Crippen molar-refractivity contribution in [1.82, 2.24) is 14.7 Å². The molecule has 5 heteroatoms. The number of carbonyl (C=O) groups excluding carboxylic acids is 1. The number of likely N-dealkylation sites (tertiary alicyclic amines) is 1. The Bertz CT molecular complexity index is 991. The van der Waals surface area contributed by atoms with E-state index in [2.05, 4.69) is 63.2 Å². The molecule has 33 heavy (non-hydrogen) atoms. The number of fused-ring (bicyclic) bond motifs is 1. The lowest BCUT2D eigenvalue weighted by molar-refractivity contribution is -0.135. The molecule has 1 aliphatic carbocycles. The number of piperazine rings is 1. The quantitative estimate of drug-likeness (QED) is 0.705. The van der Waals surface area contributed by atoms with Gasteiger partial charge < -0.3 is 9.64 Å². The van der Waals surface area contributed by atoms with Gasteiger partial charge in [0.15, 0.2) is 0 Å². The molecule has 5 nitrogen and oxygen atoms in total. The second-order valence-corrected chi connectivity index (χ2v) is 10.5. The van der Waals surface area contributed by atoms with Crippen LogP contribution in [0.2, 0.25) is 0 Å². The summed E-state index contributed by atoms with van der Waals surface area (Å²) in [6.45, 7) is 8.79. The van der Waals surface area contributed by atoms with Gasteiger partial charge >= 0.3 is 0 Å². The lowest BCUT2D eigenvalue weighted by Gasteiger charge is -2.36. The van der Waals surface area contributed by atoms with Crippen LogP contribution in [0.25, 0.3) is 0 Å². The number of rotatable bonds is 5. The lowest BCUT2D eigenvalue weighted by atomic mass is 9.90. The van der Waals surface area contributed by atoms with Gasteiger partial charge in [0.05, 0.1) is 6.61 Å². The van der Waals surface area contributed by atoms with Crippen molar-refractivity contribution in [2.24, 2.45) is 11.3 Å². The van der Waals surface area contributed by atoms with Crippen LogP contribution in [0.4, 0.5) is 0 Å². The van der Waals surface area contributed by atoms with E-state index in [0.29, 0.717) is 11.3 Å². The van der Waals surface area contributed by atoms with E-state index in [1.807, 2.05) is 0 Å². The fourth-order valence-electron chi connectivity index (χ4n) is 6.19. The highest BCUT2D eigenvalue weighted by Gasteiger charge is 2.59. The van der Waals surface area contributed by atoms with Gasteiger partial charge in [-0.2, -0.15) is 0 Å². The number of benzene rings is 2. The summed E-state index contributed by atoms with van der Waals surface area (Å²) in [7, 11) is 0. The molecule has 0 N–H and O–H groups in total. The summed E-state index contributed by atoms with van der Waals surface area (Å²) < 4.78 is 5.64. The number of hydrogen-bond donors (Lipinski definition) is 0. The van der Waals surface area contributed by atoms with Crippen LogP contribution in [-0.4, -0.2) is 66.5 Å². The predicted molar refractivity (Wildman–Crippen MR) is 129 cm³/mol. The van der Waals surface area contributed by atoms with E-state index < -0.39 is 0 Å². The highest BCUT2D eigenvalue weighted by molar-refractivity contribution is 5.83. The third-order valence-corrected chi connectivity index (χ3v) is 8.43. The predicted octanol–water partition coefficient (Wildman–Crippen LogP) is 3.57. The van der Waals surface area contributed by atoms with E-state index in [9.17, 15) is 4.79 Å². The Morgan fingerprint density at radius 3 is 2.39 bits per heavy atom. The van der Waals surface area contributed by atoms with Gasteiger partial charge in [0.1, 0.15) is 5.75 Å². The maximum atomic E-state index is 13.3. The van der Waals surface area contributed by atoms with Crippen molar-refractivity contribution in [3.8, 4) is 5.75 Å². The Kier molecular flexibility index (Phi) is 5.63. The van der Waals surface area contributed by atoms with Crippen molar-refractivity contribution in [2.75, 3.05) is 45.9 Å². The van der Waals surface area contributed by atoms with Crippen molar-refractivity contribution in [3.05, 3.63) is 65.2 Å². The molecule has 0 bridgehead atoms. The molecule has 174 valence electrons. The molecular formula is C28H35N3O2. The smallest absolute Gasteiger partial charge is 0.226 e. The van der Waals surface area contributed by atoms with Crippen molar-refractivity contribution in [1.29, 1.82) is 0 Å². The molecule has 3 aliphatic heterocycles. The largest absolute Gasteiger partial charge is 0.493 e. The molecule has 1 unspecified atom stereocenters. The zero-order chi connectivity index (χ0) is 22.3. The number of carbonyl (C=O) groups is 1. The van der Waals surface area contributed by atoms with Crippen LogP contribution in [-0.2, 0) is 24.3 Å². The van der Waals surface area contributed by atoms with Crippen LogP contribution < -0.4 is 4.74 Å². The standard InChI is InChI=1S/C28H35N3O2/c32-27(31-15-13-30(14-16-31)20-22-4-2-1-3-5-22)25-19-28(25)9-11-29(12-10-28)21-23-6-7-26-24(18-23)8-17-33-26/h1-7,18,25H,8-17,19-21H2. The normalized spacial score (nSPS) is 24.5. The topological polar surface area (TPSA) is 36.0 Å². The van der Waals surface area contributed by atoms with Gasteiger partial charge in [0.25, 0.3) is 0 Å². The van der Waals surface area contributed by atoms with Gasteiger partial charge in [-0.3, -0.25) is 14.6 Å². The second-order valence-electron chi connectivity index (χ2n) is 10.5. The van der Waals surface area contributed by atoms with Crippen LogP contribution in [0.15, 0.2) is 48.5 Å². The Morgan fingerprint density at radius 2 is 1.61 bits per heavy atom. The lowest BCUT2D eigenvalue weighted by Crippen LogP contribution is -2.49. The maximum absolute atomic E-state index is 13.3. The summed E-state index contributed by atoms with van der Waals surface area (Å²) >= 11 is 0. The van der Waals surface area contributed by atoms with E-state index in [1.54, 1.807) is 0 Å². The molecular weight excluding hydrogens is 410 g/mol. The van der Waals surface area contributed by atoms with E-state index >= 15 is 0 Å². The third kappa shape index (κ3) is 4.41. The van der Waals surface area contributed by atoms with Gasteiger partial charge in [-0.05, 0) is 60.5 Å². The summed E-state index contributed by atoms with van der Waals surface area (Å²) in [4.78, 5) is 20.5. The third-order valence-electron chi connectivity index (χ3n) is 8.43. The SMILES string of the molecule is O=C(C1CC12CCN(Cc1ccc3c(c1)CCO3)CC2)N1CCN(Cc2ccccc2)CC1. The highest BCUT2D eigenvalue weighted by Crippen LogP contribution is 2.60. The van der Waals surface area contributed by atoms with Crippen molar-refractivity contribution in [2.45, 2.75) is 38.8 Å². The molecule has 2 saturated heterocycles. The van der Waals surface area contributed by atoms with Crippen LogP contribution >= 0.6 is 0 Å². The van der Waals surface area contributed by atoms with Gasteiger partial charge in [0.2, 0.25) is 5.91 Å². The summed E-state index contributed by atoms with van der Waals surface area (Å²) in [5.41, 5.74) is 4.41. The van der Waals surface area contributed by atoms with Crippen molar-refractivity contribution < 1.29 is 9.53 Å². The summed E-state index contributed by atoms with van der Waals surface area (Å²) in [6.07, 6.45) is 4.49. The monoisotopic (exact) mass is 445 g/mol. The molecule has 0 aromatic heterocycles. The van der Waals surface area contributed by atoms with Crippen LogP contribution in [0.5, 0.6) is 5.75 Å². The Hall–Kier alpha value is -2.37. The van der Waals surface area contributed by atoms with E-state index in [0.717, 1.165) is 77.6 Å². The molecule has 1 amide bonds.